The SMILES string of the molecule is CCCCOC(=O)Cn1c(C)nc(C)cc1=O. The van der Waals surface area contributed by atoms with Gasteiger partial charge in [-0.25, -0.2) is 4.98 Å². The second kappa shape index (κ2) is 6.18. The Morgan fingerprint density at radius 3 is 2.76 bits per heavy atom. The van der Waals surface area contributed by atoms with Gasteiger partial charge in [-0.15, -0.1) is 0 Å². The van der Waals surface area contributed by atoms with E-state index in [2.05, 4.69) is 4.98 Å². The highest BCUT2D eigenvalue weighted by molar-refractivity contribution is 5.69. The van der Waals surface area contributed by atoms with E-state index in [0.717, 1.165) is 12.8 Å². The van der Waals surface area contributed by atoms with E-state index in [1.54, 1.807) is 13.8 Å². The molecule has 1 aromatic heterocycles. The number of aromatic nitrogens is 2. The van der Waals surface area contributed by atoms with Crippen LogP contribution in [0.1, 0.15) is 31.3 Å². The van der Waals surface area contributed by atoms with Crippen LogP contribution in [-0.4, -0.2) is 22.1 Å². The van der Waals surface area contributed by atoms with E-state index in [-0.39, 0.29) is 12.1 Å². The number of hydrogen-bond acceptors (Lipinski definition) is 4. The Bertz CT molecular complexity index is 452. The molecule has 5 heteroatoms. The summed E-state index contributed by atoms with van der Waals surface area (Å²) in [5.74, 6) is 0.136. The normalized spacial score (nSPS) is 10.3. The summed E-state index contributed by atoms with van der Waals surface area (Å²) in [6, 6.07) is 1.41. The van der Waals surface area contributed by atoms with E-state index in [1.807, 2.05) is 6.92 Å². The number of carbonyl (C=O) groups is 1. The highest BCUT2D eigenvalue weighted by Gasteiger charge is 2.09. The first-order valence-corrected chi connectivity index (χ1v) is 5.75. The van der Waals surface area contributed by atoms with Crippen LogP contribution in [0.3, 0.4) is 0 Å². The first kappa shape index (κ1) is 13.4. The Morgan fingerprint density at radius 1 is 1.47 bits per heavy atom. The first-order chi connectivity index (χ1) is 8.04. The lowest BCUT2D eigenvalue weighted by molar-refractivity contribution is -0.144. The van der Waals surface area contributed by atoms with Gasteiger partial charge in [0.1, 0.15) is 12.4 Å². The van der Waals surface area contributed by atoms with Crippen molar-refractivity contribution in [3.05, 3.63) is 27.9 Å². The minimum atomic E-state index is -0.394. The van der Waals surface area contributed by atoms with Crippen molar-refractivity contribution >= 4 is 5.97 Å². The van der Waals surface area contributed by atoms with Gasteiger partial charge in [0.05, 0.1) is 6.61 Å². The van der Waals surface area contributed by atoms with Crippen LogP contribution in [0.15, 0.2) is 10.9 Å². The van der Waals surface area contributed by atoms with Gasteiger partial charge >= 0.3 is 5.97 Å². The van der Waals surface area contributed by atoms with Gasteiger partial charge in [-0.2, -0.15) is 0 Å². The number of hydrogen-bond donors (Lipinski definition) is 0. The molecule has 94 valence electrons. The fourth-order valence-electron chi connectivity index (χ4n) is 1.46. The van der Waals surface area contributed by atoms with Crippen LogP contribution in [0.5, 0.6) is 0 Å². The van der Waals surface area contributed by atoms with Crippen molar-refractivity contribution in [2.45, 2.75) is 40.2 Å². The van der Waals surface area contributed by atoms with Gasteiger partial charge in [-0.05, 0) is 20.3 Å². The van der Waals surface area contributed by atoms with Crippen LogP contribution in [0, 0.1) is 13.8 Å². The molecule has 0 bridgehead atoms. The van der Waals surface area contributed by atoms with Gasteiger partial charge < -0.3 is 4.74 Å². The molecule has 0 radical (unpaired) electrons. The van der Waals surface area contributed by atoms with Crippen molar-refractivity contribution < 1.29 is 9.53 Å². The van der Waals surface area contributed by atoms with E-state index < -0.39 is 5.97 Å². The molecule has 1 aromatic rings. The van der Waals surface area contributed by atoms with Gasteiger partial charge in [-0.3, -0.25) is 14.2 Å². The average molecular weight is 238 g/mol. The molecule has 0 amide bonds. The molecule has 0 atom stereocenters. The van der Waals surface area contributed by atoms with E-state index in [1.165, 1.54) is 10.6 Å². The Kier molecular flexibility index (Phi) is 4.87. The van der Waals surface area contributed by atoms with E-state index in [0.29, 0.717) is 18.1 Å². The van der Waals surface area contributed by atoms with Crippen LogP contribution < -0.4 is 5.56 Å². The Labute approximate surface area is 100 Å². The summed E-state index contributed by atoms with van der Waals surface area (Å²) in [6.07, 6.45) is 1.81. The largest absolute Gasteiger partial charge is 0.464 e. The predicted octanol–water partition coefficient (Wildman–Crippen LogP) is 1.20. The van der Waals surface area contributed by atoms with Crippen molar-refractivity contribution in [2.75, 3.05) is 6.61 Å². The molecule has 0 saturated heterocycles. The van der Waals surface area contributed by atoms with Crippen molar-refractivity contribution in [1.82, 2.24) is 9.55 Å². The lowest BCUT2D eigenvalue weighted by atomic mass is 10.4. The summed E-state index contributed by atoms with van der Waals surface area (Å²) in [4.78, 5) is 27.2. The third-order valence-corrected chi connectivity index (χ3v) is 2.38. The maximum absolute atomic E-state index is 11.6. The molecule has 17 heavy (non-hydrogen) atoms. The number of aryl methyl sites for hydroxylation is 2. The van der Waals surface area contributed by atoms with E-state index in [4.69, 9.17) is 4.74 Å². The van der Waals surface area contributed by atoms with Crippen molar-refractivity contribution in [2.24, 2.45) is 0 Å². The average Bonchev–Trinajstić information content (AvgIpc) is 2.24. The number of unbranched alkanes of at least 4 members (excludes halogenated alkanes) is 1. The Hall–Kier alpha value is -1.65. The van der Waals surface area contributed by atoms with Crippen LogP contribution in [0.2, 0.25) is 0 Å². The zero-order valence-electron chi connectivity index (χ0n) is 10.5. The molecule has 0 aromatic carbocycles. The van der Waals surface area contributed by atoms with Gasteiger partial charge in [-0.1, -0.05) is 13.3 Å². The number of carbonyl (C=O) groups excluding carboxylic acids is 1. The fraction of sp³-hybridized carbons (Fsp3) is 0.583. The van der Waals surface area contributed by atoms with Gasteiger partial charge in [0.15, 0.2) is 0 Å². The lowest BCUT2D eigenvalue weighted by Crippen LogP contribution is -2.28. The van der Waals surface area contributed by atoms with E-state index >= 15 is 0 Å². The molecule has 1 rings (SSSR count). The first-order valence-electron chi connectivity index (χ1n) is 5.75. The van der Waals surface area contributed by atoms with E-state index in [9.17, 15) is 9.59 Å². The second-order valence-electron chi connectivity index (χ2n) is 3.94. The highest BCUT2D eigenvalue weighted by atomic mass is 16.5. The zero-order valence-corrected chi connectivity index (χ0v) is 10.5. The molecular formula is C12H18N2O3. The minimum absolute atomic E-state index is 0.0678. The molecule has 0 aliphatic carbocycles. The Morgan fingerprint density at radius 2 is 2.18 bits per heavy atom. The third-order valence-electron chi connectivity index (χ3n) is 2.38. The lowest BCUT2D eigenvalue weighted by Gasteiger charge is -2.09. The van der Waals surface area contributed by atoms with Crippen LogP contribution in [0.25, 0.3) is 0 Å². The predicted molar refractivity (Wildman–Crippen MR) is 63.8 cm³/mol. The van der Waals surface area contributed by atoms with Crippen molar-refractivity contribution in [1.29, 1.82) is 0 Å². The van der Waals surface area contributed by atoms with Gasteiger partial charge in [0.25, 0.3) is 5.56 Å². The smallest absolute Gasteiger partial charge is 0.326 e. The molecule has 0 fully saturated rings. The molecule has 0 unspecified atom stereocenters. The standard InChI is InChI=1S/C12H18N2O3/c1-4-5-6-17-12(16)8-14-10(3)13-9(2)7-11(14)15/h7H,4-6,8H2,1-3H3. The van der Waals surface area contributed by atoms with Gasteiger partial charge in [0.2, 0.25) is 0 Å². The molecular weight excluding hydrogens is 220 g/mol. The van der Waals surface area contributed by atoms with Crippen LogP contribution in [0.4, 0.5) is 0 Å². The number of nitrogens with zero attached hydrogens (tertiary/aromatic N) is 2. The quantitative estimate of drug-likeness (QED) is 0.571. The number of esters is 1. The second-order valence-corrected chi connectivity index (χ2v) is 3.94. The van der Waals surface area contributed by atoms with Crippen molar-refractivity contribution in [3.8, 4) is 0 Å². The zero-order chi connectivity index (χ0) is 12.8. The summed E-state index contributed by atoms with van der Waals surface area (Å²) in [5.41, 5.74) is 0.436. The monoisotopic (exact) mass is 238 g/mol. The number of ether oxygens (including phenoxy) is 1. The Balaban J connectivity index is 2.69. The molecule has 0 aliphatic heterocycles. The summed E-state index contributed by atoms with van der Waals surface area (Å²) < 4.78 is 6.32. The van der Waals surface area contributed by atoms with Crippen LogP contribution >= 0.6 is 0 Å². The maximum atomic E-state index is 11.6. The number of rotatable bonds is 5. The van der Waals surface area contributed by atoms with Crippen LogP contribution in [-0.2, 0) is 16.1 Å². The summed E-state index contributed by atoms with van der Waals surface area (Å²) in [5, 5.41) is 0. The maximum Gasteiger partial charge on any atom is 0.326 e. The third kappa shape index (κ3) is 4.01. The van der Waals surface area contributed by atoms with Crippen molar-refractivity contribution in [3.63, 3.8) is 0 Å². The topological polar surface area (TPSA) is 61.2 Å². The molecule has 0 spiro atoms. The molecule has 1 heterocycles. The molecule has 0 saturated carbocycles. The molecule has 0 aliphatic rings. The molecule has 0 N–H and O–H groups in total. The van der Waals surface area contributed by atoms with Gasteiger partial charge in [0, 0.05) is 11.8 Å². The molecule has 5 nitrogen and oxygen atoms in total. The fourth-order valence-corrected chi connectivity index (χ4v) is 1.46. The summed E-state index contributed by atoms with van der Waals surface area (Å²) >= 11 is 0. The summed E-state index contributed by atoms with van der Waals surface area (Å²) in [7, 11) is 0. The minimum Gasteiger partial charge on any atom is -0.464 e. The highest BCUT2D eigenvalue weighted by Crippen LogP contribution is 1.95. The summed E-state index contributed by atoms with van der Waals surface area (Å²) in [6.45, 7) is 5.81.